The number of rotatable bonds is 4. The van der Waals surface area contributed by atoms with Crippen LogP contribution in [-0.2, 0) is 9.84 Å². The molecular weight excluding hydrogens is 298 g/mol. The minimum Gasteiger partial charge on any atom is -0.384 e. The Balaban J connectivity index is 2.71. The van der Waals surface area contributed by atoms with E-state index in [1.807, 2.05) is 0 Å². The quantitative estimate of drug-likeness (QED) is 0.799. The fraction of sp³-hybridized carbons (Fsp3) is 0.462. The summed E-state index contributed by atoms with van der Waals surface area (Å²) in [5.41, 5.74) is 0.432. The van der Waals surface area contributed by atoms with Crippen molar-refractivity contribution in [2.24, 2.45) is 0 Å². The number of carbonyl (C=O) groups is 1. The second-order valence-corrected chi connectivity index (χ2v) is 8.43. The molecule has 1 aromatic rings. The fourth-order valence-electron chi connectivity index (χ4n) is 1.17. The van der Waals surface area contributed by atoms with Crippen LogP contribution < -0.4 is 5.32 Å². The molecule has 0 aliphatic heterocycles. The van der Waals surface area contributed by atoms with Crippen molar-refractivity contribution in [2.45, 2.75) is 18.6 Å². The van der Waals surface area contributed by atoms with E-state index >= 15 is 0 Å². The molecule has 0 aliphatic carbocycles. The van der Waals surface area contributed by atoms with Gasteiger partial charge < -0.3 is 10.4 Å². The molecule has 0 atom stereocenters. The zero-order chi connectivity index (χ0) is 15.4. The highest BCUT2D eigenvalue weighted by molar-refractivity contribution is 7.92. The van der Waals surface area contributed by atoms with Crippen LogP contribution in [0.1, 0.15) is 29.1 Å². The molecule has 0 spiro atoms. The molecule has 110 valence electrons. The third kappa shape index (κ3) is 4.34. The van der Waals surface area contributed by atoms with Crippen LogP contribution in [0, 0.1) is 11.8 Å². The van der Waals surface area contributed by atoms with E-state index < -0.39 is 14.6 Å². The zero-order valence-corrected chi connectivity index (χ0v) is 13.2. The molecule has 0 unspecified atom stereocenters. The van der Waals surface area contributed by atoms with Gasteiger partial charge in [-0.25, -0.2) is 8.42 Å². The highest BCUT2D eigenvalue weighted by Crippen LogP contribution is 2.16. The number of nitrogens with one attached hydrogen (secondary N) is 1. The van der Waals surface area contributed by atoms with Gasteiger partial charge >= 0.3 is 0 Å². The topological polar surface area (TPSA) is 83.5 Å². The monoisotopic (exact) mass is 315 g/mol. The Morgan fingerprint density at radius 1 is 1.50 bits per heavy atom. The smallest absolute Gasteiger partial charge is 0.252 e. The van der Waals surface area contributed by atoms with Crippen molar-refractivity contribution in [1.29, 1.82) is 0 Å². The predicted octanol–water partition coefficient (Wildman–Crippen LogP) is 0.645. The molecule has 0 fully saturated rings. The standard InChI is InChI=1S/C13H17NO4S2/c1-13(2,20(3,17)18)9-14-12(16)10-7-11(19-8-10)5-4-6-15/h7-8,15H,6,9H2,1-3H3,(H,14,16). The molecule has 2 N–H and O–H groups in total. The van der Waals surface area contributed by atoms with Crippen LogP contribution >= 0.6 is 11.3 Å². The molecule has 0 radical (unpaired) electrons. The minimum atomic E-state index is -3.25. The van der Waals surface area contributed by atoms with E-state index in [1.165, 1.54) is 11.3 Å². The van der Waals surface area contributed by atoms with Crippen molar-refractivity contribution in [3.05, 3.63) is 21.9 Å². The maximum Gasteiger partial charge on any atom is 0.252 e. The summed E-state index contributed by atoms with van der Waals surface area (Å²) >= 11 is 1.29. The van der Waals surface area contributed by atoms with Gasteiger partial charge in [-0.15, -0.1) is 11.3 Å². The number of hydrogen-bond acceptors (Lipinski definition) is 5. The first kappa shape index (κ1) is 16.7. The molecule has 1 amide bonds. The van der Waals surface area contributed by atoms with Crippen molar-refractivity contribution in [2.75, 3.05) is 19.4 Å². The van der Waals surface area contributed by atoms with Gasteiger partial charge in [0, 0.05) is 18.2 Å². The maximum atomic E-state index is 11.9. The molecule has 0 bridgehead atoms. The average Bonchev–Trinajstić information content (AvgIpc) is 2.81. The van der Waals surface area contributed by atoms with Crippen LogP contribution in [0.25, 0.3) is 0 Å². The van der Waals surface area contributed by atoms with E-state index in [-0.39, 0.29) is 19.1 Å². The first-order chi connectivity index (χ1) is 9.17. The second kappa shape index (κ2) is 6.39. The van der Waals surface area contributed by atoms with Gasteiger partial charge in [0.25, 0.3) is 5.91 Å². The number of thiophene rings is 1. The Morgan fingerprint density at radius 3 is 2.70 bits per heavy atom. The fourth-order valence-corrected chi connectivity index (χ4v) is 2.26. The van der Waals surface area contributed by atoms with E-state index in [0.29, 0.717) is 10.4 Å². The summed E-state index contributed by atoms with van der Waals surface area (Å²) in [7, 11) is -3.25. The van der Waals surface area contributed by atoms with Crippen molar-refractivity contribution < 1.29 is 18.3 Å². The van der Waals surface area contributed by atoms with Gasteiger partial charge in [-0.05, 0) is 19.9 Å². The van der Waals surface area contributed by atoms with E-state index in [0.717, 1.165) is 6.26 Å². The Hall–Kier alpha value is -1.36. The van der Waals surface area contributed by atoms with Crippen molar-refractivity contribution in [1.82, 2.24) is 5.32 Å². The number of amides is 1. The summed E-state index contributed by atoms with van der Waals surface area (Å²) < 4.78 is 22.1. The van der Waals surface area contributed by atoms with E-state index in [2.05, 4.69) is 17.2 Å². The van der Waals surface area contributed by atoms with Crippen LogP contribution in [-0.4, -0.2) is 43.6 Å². The van der Waals surface area contributed by atoms with Crippen LogP contribution in [0.2, 0.25) is 0 Å². The number of aliphatic hydroxyl groups excluding tert-OH is 1. The molecule has 0 saturated heterocycles. The summed E-state index contributed by atoms with van der Waals surface area (Å²) in [6, 6.07) is 1.61. The van der Waals surface area contributed by atoms with E-state index in [4.69, 9.17) is 5.11 Å². The highest BCUT2D eigenvalue weighted by atomic mass is 32.2. The summed E-state index contributed by atoms with van der Waals surface area (Å²) in [5.74, 6) is 4.87. The lowest BCUT2D eigenvalue weighted by Crippen LogP contribution is -2.43. The van der Waals surface area contributed by atoms with Crippen LogP contribution in [0.5, 0.6) is 0 Å². The molecule has 1 heterocycles. The van der Waals surface area contributed by atoms with Crippen LogP contribution in [0.15, 0.2) is 11.4 Å². The molecule has 20 heavy (non-hydrogen) atoms. The van der Waals surface area contributed by atoms with Gasteiger partial charge in [0.2, 0.25) is 0 Å². The van der Waals surface area contributed by atoms with E-state index in [1.54, 1.807) is 25.3 Å². The Labute approximate surface area is 122 Å². The minimum absolute atomic E-state index is 0.0398. The first-order valence-corrected chi connectivity index (χ1v) is 8.60. The van der Waals surface area contributed by atoms with Crippen molar-refractivity contribution >= 4 is 27.1 Å². The lowest BCUT2D eigenvalue weighted by molar-refractivity contribution is 0.0951. The summed E-state index contributed by atoms with van der Waals surface area (Å²) in [6.45, 7) is 2.93. The average molecular weight is 315 g/mol. The lowest BCUT2D eigenvalue weighted by atomic mass is 10.2. The van der Waals surface area contributed by atoms with Crippen LogP contribution in [0.3, 0.4) is 0 Å². The van der Waals surface area contributed by atoms with E-state index in [9.17, 15) is 13.2 Å². The third-order valence-electron chi connectivity index (χ3n) is 2.83. The number of sulfone groups is 1. The molecule has 1 aromatic heterocycles. The molecule has 1 rings (SSSR count). The normalized spacial score (nSPS) is 11.6. The van der Waals surface area contributed by atoms with Gasteiger partial charge in [-0.3, -0.25) is 4.79 Å². The van der Waals surface area contributed by atoms with Gasteiger partial charge in [0.1, 0.15) is 6.61 Å². The predicted molar refractivity (Wildman–Crippen MR) is 79.5 cm³/mol. The van der Waals surface area contributed by atoms with Crippen molar-refractivity contribution in [3.63, 3.8) is 0 Å². The van der Waals surface area contributed by atoms with Crippen LogP contribution in [0.4, 0.5) is 0 Å². The highest BCUT2D eigenvalue weighted by Gasteiger charge is 2.30. The molecule has 7 heteroatoms. The van der Waals surface area contributed by atoms with Gasteiger partial charge in [0.05, 0.1) is 15.2 Å². The maximum absolute atomic E-state index is 11.9. The first-order valence-electron chi connectivity index (χ1n) is 5.83. The SMILES string of the molecule is CC(C)(CNC(=O)c1csc(C#CCO)c1)S(C)(=O)=O. The Bertz CT molecular complexity index is 647. The zero-order valence-electron chi connectivity index (χ0n) is 11.6. The summed E-state index contributed by atoms with van der Waals surface area (Å²) in [5, 5.41) is 12.8. The summed E-state index contributed by atoms with van der Waals surface area (Å²) in [4.78, 5) is 12.6. The molecule has 0 saturated carbocycles. The molecule has 0 aliphatic rings. The second-order valence-electron chi connectivity index (χ2n) is 4.87. The molecule has 0 aromatic carbocycles. The van der Waals surface area contributed by atoms with Gasteiger partial charge in [0.15, 0.2) is 9.84 Å². The van der Waals surface area contributed by atoms with Gasteiger partial charge in [-0.2, -0.15) is 0 Å². The number of aliphatic hydroxyl groups is 1. The Kier molecular flexibility index (Phi) is 5.34. The van der Waals surface area contributed by atoms with Gasteiger partial charge in [-0.1, -0.05) is 11.8 Å². The number of carbonyl (C=O) groups excluding carboxylic acids is 1. The number of hydrogen-bond donors (Lipinski definition) is 2. The third-order valence-corrected chi connectivity index (χ3v) is 5.83. The molecule has 5 nitrogen and oxygen atoms in total. The largest absolute Gasteiger partial charge is 0.384 e. The summed E-state index contributed by atoms with van der Waals surface area (Å²) in [6.07, 6.45) is 1.15. The molecular formula is C13H17NO4S2. The van der Waals surface area contributed by atoms with Crippen molar-refractivity contribution in [3.8, 4) is 11.8 Å². The Morgan fingerprint density at radius 2 is 2.15 bits per heavy atom. The lowest BCUT2D eigenvalue weighted by Gasteiger charge is -2.22.